The number of carbonyl (C=O) groups is 3. The van der Waals surface area contributed by atoms with Crippen molar-refractivity contribution < 1.29 is 53.1 Å². The highest BCUT2D eigenvalue weighted by atomic mass is 35.5. The Morgan fingerprint density at radius 3 is 1.48 bits per heavy atom. The molecular formula is C46H48Cl3N9O11. The van der Waals surface area contributed by atoms with Crippen molar-refractivity contribution in [3.63, 3.8) is 0 Å². The number of rotatable bonds is 13. The molecule has 20 nitrogen and oxygen atoms in total. The Morgan fingerprint density at radius 2 is 1.00 bits per heavy atom. The molecule has 0 aliphatic rings. The van der Waals surface area contributed by atoms with Crippen molar-refractivity contribution in [1.29, 1.82) is 0 Å². The van der Waals surface area contributed by atoms with Gasteiger partial charge < -0.3 is 71.5 Å². The summed E-state index contributed by atoms with van der Waals surface area (Å²) in [5.41, 5.74) is 16.2. The smallest absolute Gasteiger partial charge is 0.275 e. The van der Waals surface area contributed by atoms with Crippen LogP contribution in [0.25, 0.3) is 34.0 Å². The molecule has 12 N–H and O–H groups in total. The number of phenols is 4. The lowest BCUT2D eigenvalue weighted by Gasteiger charge is -2.10. The van der Waals surface area contributed by atoms with Gasteiger partial charge >= 0.3 is 0 Å². The first-order chi connectivity index (χ1) is 32.8. The Kier molecular flexibility index (Phi) is 17.6. The third kappa shape index (κ3) is 12.2. The number of aromatic nitrogens is 3. The maximum atomic E-state index is 12.4. The molecule has 7 rings (SSSR count). The molecule has 0 fully saturated rings. The van der Waals surface area contributed by atoms with Gasteiger partial charge in [-0.2, -0.15) is 0 Å². The first kappa shape index (κ1) is 52.2. The van der Waals surface area contributed by atoms with Gasteiger partial charge in [0.15, 0.2) is 34.4 Å². The van der Waals surface area contributed by atoms with E-state index in [1.54, 1.807) is 27.0 Å². The number of nitrogens with one attached hydrogen (secondary N) is 4. The fourth-order valence-corrected chi connectivity index (χ4v) is 6.80. The highest BCUT2D eigenvalue weighted by Gasteiger charge is 2.27. The van der Waals surface area contributed by atoms with E-state index in [4.69, 9.17) is 64.6 Å². The number of nitrogens with two attached hydrogens (primary N) is 2. The minimum absolute atomic E-state index is 0.00523. The lowest BCUT2D eigenvalue weighted by Crippen LogP contribution is -2.24. The Hall–Kier alpha value is -7.81. The van der Waals surface area contributed by atoms with Crippen LogP contribution in [0, 0.1) is 13.8 Å². The number of nitrogens with zero attached hydrogens (tertiary/aromatic N) is 3. The lowest BCUT2D eigenvalue weighted by atomic mass is 10.0. The second-order valence-corrected chi connectivity index (χ2v) is 15.8. The first-order valence-corrected chi connectivity index (χ1v) is 21.9. The number of hydrogen-bond donors (Lipinski definition) is 10. The van der Waals surface area contributed by atoms with Crippen molar-refractivity contribution in [2.45, 2.75) is 41.2 Å². The fourth-order valence-electron chi connectivity index (χ4n) is 6.31. The van der Waals surface area contributed by atoms with Gasteiger partial charge in [0, 0.05) is 48.9 Å². The largest absolute Gasteiger partial charge is 0.507 e. The van der Waals surface area contributed by atoms with E-state index in [2.05, 4.69) is 36.7 Å². The molecule has 0 aliphatic carbocycles. The van der Waals surface area contributed by atoms with E-state index in [1.165, 1.54) is 12.1 Å². The van der Waals surface area contributed by atoms with E-state index in [0.29, 0.717) is 42.6 Å². The number of benzene rings is 4. The van der Waals surface area contributed by atoms with Crippen LogP contribution >= 0.6 is 34.8 Å². The number of halogens is 3. The molecule has 4 aromatic carbocycles. The van der Waals surface area contributed by atoms with E-state index in [9.17, 15) is 34.8 Å². The van der Waals surface area contributed by atoms with Crippen LogP contribution in [-0.4, -0.2) is 80.4 Å². The molecule has 3 aromatic heterocycles. The number of aromatic hydroxyl groups is 4. The van der Waals surface area contributed by atoms with Gasteiger partial charge in [-0.3, -0.25) is 14.4 Å². The summed E-state index contributed by atoms with van der Waals surface area (Å²) in [5.74, 6) is -1.15. The molecule has 0 bridgehead atoms. The molecule has 3 heterocycles. The maximum Gasteiger partial charge on any atom is 0.275 e. The number of amides is 3. The number of aryl methyl sites for hydroxylation is 2. The van der Waals surface area contributed by atoms with Crippen LogP contribution < -0.4 is 37.5 Å². The molecule has 0 saturated carbocycles. The highest BCUT2D eigenvalue weighted by Crippen LogP contribution is 2.43. The summed E-state index contributed by atoms with van der Waals surface area (Å²) in [6, 6.07) is 15.8. The van der Waals surface area contributed by atoms with E-state index >= 15 is 0 Å². The van der Waals surface area contributed by atoms with Crippen molar-refractivity contribution in [2.24, 2.45) is 0 Å². The molecule has 7 aromatic rings. The van der Waals surface area contributed by atoms with E-state index in [1.807, 2.05) is 51.1 Å². The number of hydrogen-bond acceptors (Lipinski definition) is 17. The molecule has 0 radical (unpaired) electrons. The van der Waals surface area contributed by atoms with Crippen LogP contribution in [0.1, 0.15) is 68.9 Å². The van der Waals surface area contributed by atoms with Gasteiger partial charge in [0.25, 0.3) is 17.7 Å². The quantitative estimate of drug-likeness (QED) is 0.0518. The van der Waals surface area contributed by atoms with Crippen LogP contribution in [0.3, 0.4) is 0 Å². The lowest BCUT2D eigenvalue weighted by molar-refractivity contribution is 0.0939. The number of ether oxygens (including phenoxy) is 1. The van der Waals surface area contributed by atoms with Crippen molar-refractivity contribution in [3.8, 4) is 62.7 Å². The third-order valence-corrected chi connectivity index (χ3v) is 10.8. The van der Waals surface area contributed by atoms with Gasteiger partial charge in [-0.1, -0.05) is 68.5 Å². The van der Waals surface area contributed by atoms with Gasteiger partial charge in [-0.15, -0.1) is 0 Å². The standard InChI is InChI=1S/C20H20ClN3O5.C14H16ClN3O2.C12H12ClN3O4/c1-3-22-20(27)18-17(23-10-11-4-6-12(28-2)7-5-11)19(29-24-18)13-8-14(21)16(26)9-15(13)25;1-4-17-14(19)12-11(16)13(20-18-12)9-6-10(15)8(3)5-7(9)2;1-2-15-12(19)10-9(14)11(20-16-10)5-3-6(13)8(18)4-7(5)17/h4-9,23,25-26H,3,10H2,1-2H3,(H,22,27);5-6H,4,16H2,1-3H3,(H,17,19);3-4,17-18H,2,14H2,1H3,(H,15,19). The maximum absolute atomic E-state index is 12.4. The number of carbonyl (C=O) groups excluding carboxylic acids is 3. The number of phenolic OH excluding ortho intramolecular Hbond substituents is 4. The fraction of sp³-hybridized carbons (Fsp3) is 0.217. The van der Waals surface area contributed by atoms with Gasteiger partial charge in [-0.05, 0) is 81.6 Å². The zero-order valence-electron chi connectivity index (χ0n) is 37.9. The number of methoxy groups -OCH3 is 1. The van der Waals surface area contributed by atoms with Crippen molar-refractivity contribution in [1.82, 2.24) is 31.4 Å². The van der Waals surface area contributed by atoms with Gasteiger partial charge in [-0.25, -0.2) is 0 Å². The van der Waals surface area contributed by atoms with Crippen molar-refractivity contribution in [2.75, 3.05) is 43.5 Å². The minimum atomic E-state index is -0.482. The molecule has 23 heteroatoms. The monoisotopic (exact) mass is 1010 g/mol. The summed E-state index contributed by atoms with van der Waals surface area (Å²) in [4.78, 5) is 35.8. The van der Waals surface area contributed by atoms with Crippen LogP contribution in [0.2, 0.25) is 15.1 Å². The molecule has 0 spiro atoms. The molecule has 3 amide bonds. The predicted octanol–water partition coefficient (Wildman–Crippen LogP) is 8.46. The molecule has 364 valence electrons. The zero-order chi connectivity index (χ0) is 50.7. The molecule has 0 saturated heterocycles. The number of nitrogen functional groups attached to an aromatic ring is 2. The topological polar surface area (TPSA) is 320 Å². The Labute approximate surface area is 409 Å². The summed E-state index contributed by atoms with van der Waals surface area (Å²) >= 11 is 17.9. The van der Waals surface area contributed by atoms with Gasteiger partial charge in [0.1, 0.15) is 45.8 Å². The first-order valence-electron chi connectivity index (χ1n) is 20.8. The van der Waals surface area contributed by atoms with Crippen LogP contribution in [-0.2, 0) is 6.54 Å². The van der Waals surface area contributed by atoms with Crippen LogP contribution in [0.15, 0.2) is 74.2 Å². The summed E-state index contributed by atoms with van der Waals surface area (Å²) in [6.45, 7) is 10.9. The molecule has 0 atom stereocenters. The van der Waals surface area contributed by atoms with Crippen molar-refractivity contribution in [3.05, 3.63) is 110 Å². The molecule has 0 unspecified atom stereocenters. The summed E-state index contributed by atoms with van der Waals surface area (Å²) in [6.07, 6.45) is 0. The average Bonchev–Trinajstić information content (AvgIpc) is 4.04. The minimum Gasteiger partial charge on any atom is -0.507 e. The van der Waals surface area contributed by atoms with Crippen molar-refractivity contribution >= 4 is 69.6 Å². The normalized spacial score (nSPS) is 10.6. The van der Waals surface area contributed by atoms with E-state index < -0.39 is 11.8 Å². The zero-order valence-corrected chi connectivity index (χ0v) is 40.1. The second-order valence-electron chi connectivity index (χ2n) is 14.6. The SMILES string of the molecule is CCNC(=O)c1noc(-c2cc(Cl)c(C)cc2C)c1N.CCNC(=O)c1noc(-c2cc(Cl)c(O)cc2O)c1N.CCNC(=O)c1noc(-c2cc(Cl)c(O)cc2O)c1NCc1ccc(OC)cc1. The average molecular weight is 1010 g/mol. The Balaban J connectivity index is 0.000000199. The van der Waals surface area contributed by atoms with Gasteiger partial charge in [0.05, 0.1) is 28.3 Å². The Bertz CT molecular complexity index is 2860. The summed E-state index contributed by atoms with van der Waals surface area (Å²) in [7, 11) is 1.59. The van der Waals surface area contributed by atoms with Gasteiger partial charge in [0.2, 0.25) is 0 Å². The van der Waals surface area contributed by atoms with E-state index in [-0.39, 0.29) is 90.1 Å². The van der Waals surface area contributed by atoms with E-state index in [0.717, 1.165) is 40.1 Å². The summed E-state index contributed by atoms with van der Waals surface area (Å²) in [5, 5.41) is 61.9. The van der Waals surface area contributed by atoms with Crippen LogP contribution in [0.5, 0.6) is 28.7 Å². The third-order valence-electron chi connectivity index (χ3n) is 9.80. The molecule has 0 aliphatic heterocycles. The van der Waals surface area contributed by atoms with Crippen LogP contribution in [0.4, 0.5) is 17.1 Å². The molecule has 69 heavy (non-hydrogen) atoms. The highest BCUT2D eigenvalue weighted by molar-refractivity contribution is 6.33. The predicted molar refractivity (Wildman–Crippen MR) is 260 cm³/mol. The second kappa shape index (κ2) is 23.3. The Morgan fingerprint density at radius 1 is 0.580 bits per heavy atom. The molecular weight excluding hydrogens is 961 g/mol. The number of anilines is 3. The summed E-state index contributed by atoms with van der Waals surface area (Å²) < 4.78 is 20.7.